The Hall–Kier alpha value is -3.46. The zero-order chi connectivity index (χ0) is 26.1. The van der Waals surface area contributed by atoms with Crippen molar-refractivity contribution >= 4 is 37.5 Å². The third kappa shape index (κ3) is 7.76. The highest BCUT2D eigenvalue weighted by atomic mass is 79.9. The van der Waals surface area contributed by atoms with Crippen molar-refractivity contribution in [1.82, 2.24) is 4.72 Å². The summed E-state index contributed by atoms with van der Waals surface area (Å²) in [4.78, 5) is 12.9. The number of hydrogen-bond donors (Lipinski definition) is 2. The van der Waals surface area contributed by atoms with E-state index in [2.05, 4.69) is 38.1 Å². The maximum Gasteiger partial charge on any atom is 0.255 e. The van der Waals surface area contributed by atoms with Crippen LogP contribution >= 0.6 is 15.9 Å². The first-order valence-electron chi connectivity index (χ1n) is 11.8. The summed E-state index contributed by atoms with van der Waals surface area (Å²) in [6, 6.07) is 31.0. The van der Waals surface area contributed by atoms with Crippen molar-refractivity contribution < 1.29 is 17.9 Å². The van der Waals surface area contributed by atoms with Crippen molar-refractivity contribution in [2.24, 2.45) is 0 Å². The van der Waals surface area contributed by atoms with Gasteiger partial charge in [0.2, 0.25) is 10.0 Å². The van der Waals surface area contributed by atoms with Crippen LogP contribution in [-0.2, 0) is 22.9 Å². The second kappa shape index (κ2) is 12.7. The molecule has 0 fully saturated rings. The molecule has 0 aliphatic heterocycles. The van der Waals surface area contributed by atoms with Crippen LogP contribution in [0.4, 0.5) is 5.69 Å². The minimum Gasteiger partial charge on any atom is -0.492 e. The molecule has 4 rings (SSSR count). The molecule has 1 amide bonds. The predicted octanol–water partition coefficient (Wildman–Crippen LogP) is 5.84. The number of carbonyl (C=O) groups excluding carboxylic acids is 1. The van der Waals surface area contributed by atoms with E-state index in [1.54, 1.807) is 30.3 Å². The molecule has 0 aliphatic carbocycles. The highest BCUT2D eigenvalue weighted by molar-refractivity contribution is 9.10. The Morgan fingerprint density at radius 1 is 0.784 bits per heavy atom. The van der Waals surface area contributed by atoms with Crippen LogP contribution in [0.1, 0.15) is 21.5 Å². The summed E-state index contributed by atoms with van der Waals surface area (Å²) in [5.41, 5.74) is 3.19. The summed E-state index contributed by atoms with van der Waals surface area (Å²) >= 11 is 3.48. The molecule has 0 heterocycles. The van der Waals surface area contributed by atoms with E-state index >= 15 is 0 Å². The quantitative estimate of drug-likeness (QED) is 0.234. The van der Waals surface area contributed by atoms with E-state index in [1.165, 1.54) is 17.7 Å². The Bertz CT molecular complexity index is 1430. The predicted molar refractivity (Wildman–Crippen MR) is 150 cm³/mol. The number of ether oxygens (including phenoxy) is 1. The third-order valence-corrected chi connectivity index (χ3v) is 7.75. The van der Waals surface area contributed by atoms with Gasteiger partial charge in [-0.05, 0) is 75.9 Å². The maximum absolute atomic E-state index is 12.7. The highest BCUT2D eigenvalue weighted by Crippen LogP contribution is 2.27. The van der Waals surface area contributed by atoms with Crippen molar-refractivity contribution in [2.75, 3.05) is 18.5 Å². The SMILES string of the molecule is O=C(Nc1ccc(S(=O)(=O)NCCc2ccccc2)cc1)c1ccc(OCCc2ccccc2)c(Br)c1. The van der Waals surface area contributed by atoms with Gasteiger partial charge in [-0.25, -0.2) is 13.1 Å². The van der Waals surface area contributed by atoms with Crippen LogP contribution in [0.3, 0.4) is 0 Å². The van der Waals surface area contributed by atoms with Crippen LogP contribution in [0.15, 0.2) is 112 Å². The number of sulfonamides is 1. The van der Waals surface area contributed by atoms with E-state index in [9.17, 15) is 13.2 Å². The first-order chi connectivity index (χ1) is 17.9. The molecule has 190 valence electrons. The van der Waals surface area contributed by atoms with Gasteiger partial charge in [-0.15, -0.1) is 0 Å². The fraction of sp³-hybridized carbons (Fsp3) is 0.138. The zero-order valence-corrected chi connectivity index (χ0v) is 22.5. The lowest BCUT2D eigenvalue weighted by atomic mass is 10.1. The van der Waals surface area contributed by atoms with E-state index < -0.39 is 10.0 Å². The van der Waals surface area contributed by atoms with Crippen molar-refractivity contribution in [3.63, 3.8) is 0 Å². The van der Waals surface area contributed by atoms with Crippen LogP contribution < -0.4 is 14.8 Å². The summed E-state index contributed by atoms with van der Waals surface area (Å²) in [5, 5.41) is 2.80. The first-order valence-corrected chi connectivity index (χ1v) is 14.1. The molecule has 0 atom stereocenters. The molecule has 0 saturated carbocycles. The van der Waals surface area contributed by atoms with Gasteiger partial charge < -0.3 is 10.1 Å². The smallest absolute Gasteiger partial charge is 0.255 e. The average molecular weight is 580 g/mol. The summed E-state index contributed by atoms with van der Waals surface area (Å²) < 4.78 is 34.3. The molecule has 0 radical (unpaired) electrons. The molecule has 0 aliphatic rings. The molecule has 37 heavy (non-hydrogen) atoms. The van der Waals surface area contributed by atoms with Crippen molar-refractivity contribution in [2.45, 2.75) is 17.7 Å². The largest absolute Gasteiger partial charge is 0.492 e. The van der Waals surface area contributed by atoms with Crippen molar-refractivity contribution in [1.29, 1.82) is 0 Å². The second-order valence-electron chi connectivity index (χ2n) is 8.34. The number of hydrogen-bond acceptors (Lipinski definition) is 4. The second-order valence-corrected chi connectivity index (χ2v) is 11.0. The van der Waals surface area contributed by atoms with Crippen LogP contribution in [0.5, 0.6) is 5.75 Å². The minimum atomic E-state index is -3.65. The summed E-state index contributed by atoms with van der Waals surface area (Å²) in [7, 11) is -3.65. The third-order valence-electron chi connectivity index (χ3n) is 5.66. The monoisotopic (exact) mass is 578 g/mol. The molecule has 2 N–H and O–H groups in total. The Balaban J connectivity index is 1.30. The lowest BCUT2D eigenvalue weighted by Gasteiger charge is -2.11. The number of amides is 1. The first kappa shape index (κ1) is 26.6. The lowest BCUT2D eigenvalue weighted by molar-refractivity contribution is 0.102. The molecule has 8 heteroatoms. The number of rotatable bonds is 11. The summed E-state index contributed by atoms with van der Waals surface area (Å²) in [6.45, 7) is 0.816. The highest BCUT2D eigenvalue weighted by Gasteiger charge is 2.14. The normalized spacial score (nSPS) is 11.2. The molecule has 0 aromatic heterocycles. The van der Waals surface area contributed by atoms with E-state index in [0.717, 1.165) is 12.0 Å². The molecule has 0 unspecified atom stereocenters. The van der Waals surface area contributed by atoms with Crippen LogP contribution in [0.25, 0.3) is 0 Å². The van der Waals surface area contributed by atoms with E-state index in [4.69, 9.17) is 4.74 Å². The zero-order valence-electron chi connectivity index (χ0n) is 20.1. The number of benzene rings is 4. The Kier molecular flexibility index (Phi) is 9.11. The van der Waals surface area contributed by atoms with Crippen molar-refractivity contribution in [3.8, 4) is 5.75 Å². The molecule has 4 aromatic carbocycles. The van der Waals surface area contributed by atoms with Gasteiger partial charge in [0.25, 0.3) is 5.91 Å². The van der Waals surface area contributed by atoms with Gasteiger partial charge in [-0.3, -0.25) is 4.79 Å². The van der Waals surface area contributed by atoms with Crippen LogP contribution in [0.2, 0.25) is 0 Å². The summed E-state index contributed by atoms with van der Waals surface area (Å²) in [5.74, 6) is 0.343. The number of halogens is 1. The van der Waals surface area contributed by atoms with Gasteiger partial charge in [0.05, 0.1) is 16.0 Å². The molecule has 0 spiro atoms. The van der Waals surface area contributed by atoms with Crippen LogP contribution in [-0.4, -0.2) is 27.5 Å². The van der Waals surface area contributed by atoms with Gasteiger partial charge in [-0.2, -0.15) is 0 Å². The van der Waals surface area contributed by atoms with Gasteiger partial charge in [0.1, 0.15) is 5.75 Å². The van der Waals surface area contributed by atoms with Crippen molar-refractivity contribution in [3.05, 3.63) is 124 Å². The topological polar surface area (TPSA) is 84.5 Å². The maximum atomic E-state index is 12.7. The molecular weight excluding hydrogens is 552 g/mol. The van der Waals surface area contributed by atoms with Crippen LogP contribution in [0, 0.1) is 0 Å². The van der Waals surface area contributed by atoms with E-state index in [-0.39, 0.29) is 10.8 Å². The van der Waals surface area contributed by atoms with E-state index in [1.807, 2.05) is 48.5 Å². The number of anilines is 1. The number of carbonyl (C=O) groups is 1. The van der Waals surface area contributed by atoms with Gasteiger partial charge in [0, 0.05) is 24.2 Å². The molecule has 0 saturated heterocycles. The fourth-order valence-corrected chi connectivity index (χ4v) is 5.19. The van der Waals surface area contributed by atoms with E-state index in [0.29, 0.717) is 41.0 Å². The standard InChI is InChI=1S/C29H27BrN2O4S/c30-27-21-24(11-16-28(27)36-20-18-23-9-5-2-6-10-23)29(33)32-25-12-14-26(15-13-25)37(34,35)31-19-17-22-7-3-1-4-8-22/h1-16,21,31H,17-20H2,(H,32,33). The molecule has 4 aromatic rings. The van der Waals surface area contributed by atoms with Gasteiger partial charge >= 0.3 is 0 Å². The van der Waals surface area contributed by atoms with Gasteiger partial charge in [0.15, 0.2) is 0 Å². The lowest BCUT2D eigenvalue weighted by Crippen LogP contribution is -2.26. The average Bonchev–Trinajstić information content (AvgIpc) is 2.91. The molecule has 6 nitrogen and oxygen atoms in total. The van der Waals surface area contributed by atoms with Gasteiger partial charge in [-0.1, -0.05) is 60.7 Å². The number of nitrogens with one attached hydrogen (secondary N) is 2. The Labute approximate surface area is 225 Å². The molecule has 0 bridgehead atoms. The Morgan fingerprint density at radius 3 is 2.03 bits per heavy atom. The molecular formula is C29H27BrN2O4S. The Morgan fingerprint density at radius 2 is 1.41 bits per heavy atom. The fourth-order valence-electron chi connectivity index (χ4n) is 3.66. The summed E-state index contributed by atoms with van der Waals surface area (Å²) in [6.07, 6.45) is 1.38. The minimum absolute atomic E-state index is 0.137.